The molecule has 1 heterocycles. The van der Waals surface area contributed by atoms with Gasteiger partial charge >= 0.3 is 5.97 Å². The second-order valence-electron chi connectivity index (χ2n) is 8.38. The third kappa shape index (κ3) is 3.08. The fourth-order valence-corrected chi connectivity index (χ4v) is 4.78. The summed E-state index contributed by atoms with van der Waals surface area (Å²) in [5, 5.41) is 93.5. The molecule has 4 rings (SSSR count). The van der Waals surface area contributed by atoms with E-state index in [1.165, 1.54) is 6.92 Å². The van der Waals surface area contributed by atoms with Crippen LogP contribution < -0.4 is 0 Å². The molecule has 1 fully saturated rings. The molecule has 2 aromatic rings. The zero-order chi connectivity index (χ0) is 25.3. The summed E-state index contributed by atoms with van der Waals surface area (Å²) in [4.78, 5) is 25.0. The number of aliphatic hydroxyl groups is 5. The van der Waals surface area contributed by atoms with E-state index in [1.807, 2.05) is 0 Å². The van der Waals surface area contributed by atoms with Crippen molar-refractivity contribution in [1.82, 2.24) is 0 Å². The Morgan fingerprint density at radius 3 is 2.21 bits per heavy atom. The molecular formula is C22H22O12. The zero-order valence-corrected chi connectivity index (χ0v) is 17.6. The van der Waals surface area contributed by atoms with Crippen molar-refractivity contribution in [3.8, 4) is 17.2 Å². The average Bonchev–Trinajstić information content (AvgIpc) is 2.75. The number of carboxylic acid groups (broad SMARTS) is 1. The molecule has 12 nitrogen and oxygen atoms in total. The van der Waals surface area contributed by atoms with Crippen LogP contribution >= 0.6 is 0 Å². The molecule has 0 amide bonds. The van der Waals surface area contributed by atoms with Gasteiger partial charge in [-0.05, 0) is 18.6 Å². The van der Waals surface area contributed by atoms with Gasteiger partial charge in [0.15, 0.2) is 0 Å². The number of aryl methyl sites for hydroxylation is 1. The SMILES string of the molecule is Cc1cc2c(c(O)c1C(=O)O)C(=O)c1c(O)cc(O)cc1[C@@]2(O)[C@@H]1O[C@H](CO)[C@@H](O)[C@H](O)[C@H]1O. The van der Waals surface area contributed by atoms with Gasteiger partial charge in [0.05, 0.1) is 17.7 Å². The van der Waals surface area contributed by atoms with E-state index in [4.69, 9.17) is 4.74 Å². The van der Waals surface area contributed by atoms with Gasteiger partial charge in [-0.15, -0.1) is 0 Å². The van der Waals surface area contributed by atoms with Gasteiger partial charge in [0.1, 0.15) is 58.9 Å². The molecule has 0 radical (unpaired) electrons. The van der Waals surface area contributed by atoms with Crippen molar-refractivity contribution >= 4 is 11.8 Å². The van der Waals surface area contributed by atoms with Crippen LogP contribution in [0.5, 0.6) is 17.2 Å². The molecular weight excluding hydrogens is 456 g/mol. The lowest BCUT2D eigenvalue weighted by Crippen LogP contribution is -2.65. The highest BCUT2D eigenvalue weighted by Gasteiger charge is 2.58. The van der Waals surface area contributed by atoms with Crippen LogP contribution in [0.15, 0.2) is 18.2 Å². The highest BCUT2D eigenvalue weighted by Crippen LogP contribution is 2.51. The standard InChI is InChI=1S/C22H22O12/c1-6-2-8-14(16(27)12(6)21(31)32)17(28)13-9(3-7(24)4-10(13)25)22(8,33)20-19(30)18(29)15(26)11(5-23)34-20/h2-4,11,15,18-20,23-27,29-30,33H,5H2,1H3,(H,31,32)/t11-,15-,18+,19-,20-,22-/m1/s1. The minimum absolute atomic E-state index is 0.0904. The van der Waals surface area contributed by atoms with Crippen LogP contribution in [0.4, 0.5) is 0 Å². The van der Waals surface area contributed by atoms with Gasteiger partial charge in [-0.3, -0.25) is 4.79 Å². The molecule has 2 aromatic carbocycles. The Labute approximate surface area is 191 Å². The summed E-state index contributed by atoms with van der Waals surface area (Å²) in [7, 11) is 0. The number of benzene rings is 2. The van der Waals surface area contributed by atoms with Gasteiger partial charge < -0.3 is 50.7 Å². The lowest BCUT2D eigenvalue weighted by atomic mass is 9.67. The van der Waals surface area contributed by atoms with E-state index in [1.54, 1.807) is 0 Å². The van der Waals surface area contributed by atoms with Gasteiger partial charge in [-0.25, -0.2) is 4.79 Å². The number of aromatic carboxylic acids is 1. The summed E-state index contributed by atoms with van der Waals surface area (Å²) in [5.41, 5.74) is -5.69. The summed E-state index contributed by atoms with van der Waals surface area (Å²) >= 11 is 0. The Hall–Kier alpha value is -3.26. The molecule has 0 bridgehead atoms. The minimum Gasteiger partial charge on any atom is -0.508 e. The zero-order valence-electron chi connectivity index (χ0n) is 17.6. The number of rotatable bonds is 3. The van der Waals surface area contributed by atoms with E-state index >= 15 is 0 Å². The fraction of sp³-hybridized carbons (Fsp3) is 0.364. The first kappa shape index (κ1) is 23.9. The van der Waals surface area contributed by atoms with Crippen LogP contribution in [0.25, 0.3) is 0 Å². The number of phenols is 3. The Morgan fingerprint density at radius 2 is 1.62 bits per heavy atom. The van der Waals surface area contributed by atoms with E-state index in [-0.39, 0.29) is 5.56 Å². The molecule has 0 saturated carbocycles. The third-order valence-corrected chi connectivity index (χ3v) is 6.39. The maximum atomic E-state index is 13.3. The number of phenolic OH excluding ortho intramolecular Hbond substituents is 2. The predicted octanol–water partition coefficient (Wildman–Crippen LogP) is -1.57. The summed E-state index contributed by atoms with van der Waals surface area (Å²) in [5.74, 6) is -5.11. The number of carbonyl (C=O) groups excluding carboxylic acids is 1. The molecule has 0 unspecified atom stereocenters. The highest BCUT2D eigenvalue weighted by molar-refractivity contribution is 6.17. The quantitative estimate of drug-likeness (QED) is 0.244. The molecule has 2 aliphatic rings. The first-order valence-corrected chi connectivity index (χ1v) is 10.1. The number of fused-ring (bicyclic) bond motifs is 2. The van der Waals surface area contributed by atoms with Crippen LogP contribution in [0, 0.1) is 6.92 Å². The van der Waals surface area contributed by atoms with Crippen LogP contribution in [-0.2, 0) is 10.3 Å². The first-order valence-electron chi connectivity index (χ1n) is 10.1. The largest absolute Gasteiger partial charge is 0.508 e. The van der Waals surface area contributed by atoms with E-state index in [0.717, 1.165) is 18.2 Å². The summed E-state index contributed by atoms with van der Waals surface area (Å²) < 4.78 is 5.53. The second kappa shape index (κ2) is 7.91. The van der Waals surface area contributed by atoms with Gasteiger partial charge in [0.25, 0.3) is 0 Å². The number of aromatic hydroxyl groups is 3. The molecule has 12 heteroatoms. The van der Waals surface area contributed by atoms with E-state index in [9.17, 15) is 55.5 Å². The van der Waals surface area contributed by atoms with Crippen molar-refractivity contribution in [3.05, 3.63) is 51.6 Å². The maximum absolute atomic E-state index is 13.3. The number of carbonyl (C=O) groups is 2. The highest BCUT2D eigenvalue weighted by atomic mass is 16.6. The third-order valence-electron chi connectivity index (χ3n) is 6.39. The Balaban J connectivity index is 2.11. The van der Waals surface area contributed by atoms with Crippen molar-refractivity contribution in [1.29, 1.82) is 0 Å². The van der Waals surface area contributed by atoms with Crippen LogP contribution in [0.3, 0.4) is 0 Å². The van der Waals surface area contributed by atoms with E-state index in [2.05, 4.69) is 0 Å². The monoisotopic (exact) mass is 478 g/mol. The maximum Gasteiger partial charge on any atom is 0.339 e. The minimum atomic E-state index is -2.69. The topological polar surface area (TPSA) is 225 Å². The van der Waals surface area contributed by atoms with Crippen LogP contribution in [0.2, 0.25) is 0 Å². The fourth-order valence-electron chi connectivity index (χ4n) is 4.78. The number of hydrogen-bond donors (Lipinski definition) is 9. The predicted molar refractivity (Wildman–Crippen MR) is 110 cm³/mol. The molecule has 182 valence electrons. The molecule has 0 spiro atoms. The van der Waals surface area contributed by atoms with Crippen LogP contribution in [0.1, 0.15) is 43.0 Å². The van der Waals surface area contributed by atoms with E-state index in [0.29, 0.717) is 0 Å². The lowest BCUT2D eigenvalue weighted by molar-refractivity contribution is -0.265. The molecule has 0 aromatic heterocycles. The molecule has 1 aliphatic carbocycles. The summed E-state index contributed by atoms with van der Waals surface area (Å²) in [6.07, 6.45) is -9.17. The molecule has 1 aliphatic heterocycles. The van der Waals surface area contributed by atoms with Gasteiger partial charge in [0.2, 0.25) is 5.78 Å². The van der Waals surface area contributed by atoms with Crippen molar-refractivity contribution < 1.29 is 60.3 Å². The van der Waals surface area contributed by atoms with Crippen molar-refractivity contribution in [2.75, 3.05) is 6.61 Å². The Morgan fingerprint density at radius 1 is 1.00 bits per heavy atom. The number of ether oxygens (including phenoxy) is 1. The molecule has 9 N–H and O–H groups in total. The number of hydrogen-bond acceptors (Lipinski definition) is 11. The Bertz CT molecular complexity index is 1210. The molecule has 6 atom stereocenters. The summed E-state index contributed by atoms with van der Waals surface area (Å²) in [6.45, 7) is 0.431. The average molecular weight is 478 g/mol. The van der Waals surface area contributed by atoms with Crippen molar-refractivity contribution in [2.45, 2.75) is 43.0 Å². The number of aliphatic hydroxyl groups excluding tert-OH is 4. The molecule has 1 saturated heterocycles. The lowest BCUT2D eigenvalue weighted by Gasteiger charge is -2.49. The van der Waals surface area contributed by atoms with E-state index < -0.39 is 99.5 Å². The normalized spacial score (nSPS) is 30.5. The van der Waals surface area contributed by atoms with Crippen molar-refractivity contribution in [2.24, 2.45) is 0 Å². The first-order chi connectivity index (χ1) is 15.9. The van der Waals surface area contributed by atoms with Gasteiger partial charge in [-0.1, -0.05) is 6.07 Å². The summed E-state index contributed by atoms with van der Waals surface area (Å²) in [6, 6.07) is 2.73. The smallest absolute Gasteiger partial charge is 0.339 e. The van der Waals surface area contributed by atoms with Crippen LogP contribution in [-0.4, -0.2) is 94.8 Å². The number of ketones is 1. The van der Waals surface area contributed by atoms with Gasteiger partial charge in [-0.2, -0.15) is 0 Å². The van der Waals surface area contributed by atoms with Crippen molar-refractivity contribution in [3.63, 3.8) is 0 Å². The number of carboxylic acids is 1. The Kier molecular flexibility index (Phi) is 5.55. The second-order valence-corrected chi connectivity index (χ2v) is 8.38. The van der Waals surface area contributed by atoms with Gasteiger partial charge in [0, 0.05) is 17.2 Å². The molecule has 34 heavy (non-hydrogen) atoms.